The molecule has 12 heteroatoms. The molecule has 54 heavy (non-hydrogen) atoms. The molecule has 3 aromatic carbocycles. The fraction of sp³-hybridized carbons (Fsp3) is 0.452. The van der Waals surface area contributed by atoms with Crippen LogP contribution >= 0.6 is 11.6 Å². The fourth-order valence-corrected chi connectivity index (χ4v) is 7.15. The van der Waals surface area contributed by atoms with Gasteiger partial charge in [0.05, 0.1) is 24.9 Å². The number of anilines is 2. The molecule has 6 rings (SSSR count). The summed E-state index contributed by atoms with van der Waals surface area (Å²) in [7, 11) is 1.86. The van der Waals surface area contributed by atoms with Gasteiger partial charge in [-0.2, -0.15) is 10.2 Å². The van der Waals surface area contributed by atoms with Crippen LogP contribution in [0.2, 0.25) is 5.02 Å². The Kier molecular flexibility index (Phi) is 14.0. The zero-order valence-corrected chi connectivity index (χ0v) is 33.6. The third-order valence-electron chi connectivity index (χ3n) is 9.89. The lowest BCUT2D eigenvalue weighted by Crippen LogP contribution is -2.46. The summed E-state index contributed by atoms with van der Waals surface area (Å²) in [5, 5.41) is 11.1. The maximum Gasteiger partial charge on any atom is 0.350 e. The minimum absolute atomic E-state index is 0.0655. The Hall–Kier alpha value is -4.58. The van der Waals surface area contributed by atoms with Crippen molar-refractivity contribution in [3.63, 3.8) is 0 Å². The number of aryl methyl sites for hydroxylation is 2. The van der Waals surface area contributed by atoms with Crippen LogP contribution in [0.25, 0.3) is 5.69 Å². The Morgan fingerprint density at radius 1 is 1.04 bits per heavy atom. The van der Waals surface area contributed by atoms with Crippen molar-refractivity contribution < 1.29 is 14.2 Å². The number of aromatic nitrogens is 3. The SMILES string of the molecule is C=C/C=N\N(C)CC1(c2ccc(C)cc2Cl)OCC(COc2ccc(N3CCN(c4ccc(-n5cnn(C(C)CC)c5=O)cc4)CC3)cc2CC)O1.CC. The molecule has 4 aromatic rings. The molecular formula is C42H56ClN7O4. The van der Waals surface area contributed by atoms with Crippen molar-refractivity contribution in [1.82, 2.24) is 19.4 Å². The van der Waals surface area contributed by atoms with Gasteiger partial charge in [0.2, 0.25) is 5.79 Å². The van der Waals surface area contributed by atoms with E-state index in [1.54, 1.807) is 32.9 Å². The van der Waals surface area contributed by atoms with Crippen LogP contribution in [-0.2, 0) is 21.7 Å². The monoisotopic (exact) mass is 757 g/mol. The van der Waals surface area contributed by atoms with Crippen LogP contribution in [0.4, 0.5) is 11.4 Å². The highest BCUT2D eigenvalue weighted by Gasteiger charge is 2.46. The second kappa shape index (κ2) is 18.6. The lowest BCUT2D eigenvalue weighted by molar-refractivity contribution is -0.189. The first-order chi connectivity index (χ1) is 26.1. The highest BCUT2D eigenvalue weighted by Crippen LogP contribution is 2.40. The molecule has 2 aliphatic heterocycles. The molecule has 0 saturated carbocycles. The summed E-state index contributed by atoms with van der Waals surface area (Å²) in [6.07, 6.45) is 6.26. The second-order valence-corrected chi connectivity index (χ2v) is 13.9. The number of halogens is 1. The molecule has 0 aliphatic carbocycles. The molecule has 0 amide bonds. The largest absolute Gasteiger partial charge is 0.491 e. The number of likely N-dealkylation sites (N-methyl/N-ethyl adjacent to an activating group) is 1. The standard InChI is InChI=1S/C40H50ClN7O4.C2H6/c1-7-18-42-44(6)27-40(36-16-10-29(4)23-37(36)41)51-26-35(52-40)25-50-38-17-15-34(24-31(38)9-3)46-21-19-45(20-22-46)32-11-13-33(14-12-32)47-28-43-48(39(47)49)30(5)8-2;1-2/h7,10-18,23-24,28,30,35H,1,8-9,19-22,25-27H2,2-6H3;1-2H3/b42-18-;. The van der Waals surface area contributed by atoms with E-state index in [9.17, 15) is 4.79 Å². The summed E-state index contributed by atoms with van der Waals surface area (Å²) in [6, 6.07) is 20.6. The van der Waals surface area contributed by atoms with Gasteiger partial charge >= 0.3 is 5.69 Å². The zero-order valence-electron chi connectivity index (χ0n) is 32.9. The van der Waals surface area contributed by atoms with Gasteiger partial charge in [0.15, 0.2) is 0 Å². The first-order valence-electron chi connectivity index (χ1n) is 19.1. The number of allylic oxidation sites excluding steroid dienone is 1. The number of benzene rings is 3. The summed E-state index contributed by atoms with van der Waals surface area (Å²) >= 11 is 6.73. The van der Waals surface area contributed by atoms with E-state index >= 15 is 0 Å². The first-order valence-corrected chi connectivity index (χ1v) is 19.5. The average molecular weight is 758 g/mol. The average Bonchev–Trinajstić information content (AvgIpc) is 3.80. The molecule has 0 N–H and O–H groups in total. The van der Waals surface area contributed by atoms with Crippen LogP contribution in [0.15, 0.2) is 89.5 Å². The lowest BCUT2D eigenvalue weighted by atomic mass is 10.0. The van der Waals surface area contributed by atoms with Crippen molar-refractivity contribution in [2.24, 2.45) is 5.10 Å². The van der Waals surface area contributed by atoms with E-state index in [4.69, 9.17) is 25.8 Å². The Morgan fingerprint density at radius 2 is 1.70 bits per heavy atom. The van der Waals surface area contributed by atoms with Crippen LogP contribution in [0.3, 0.4) is 0 Å². The number of piperazine rings is 1. The van der Waals surface area contributed by atoms with Crippen molar-refractivity contribution in [3.05, 3.63) is 112 Å². The molecular weight excluding hydrogens is 702 g/mol. The normalized spacial score (nSPS) is 19.1. The van der Waals surface area contributed by atoms with E-state index < -0.39 is 5.79 Å². The first kappa shape index (κ1) is 40.6. The van der Waals surface area contributed by atoms with Gasteiger partial charge < -0.3 is 24.0 Å². The quantitative estimate of drug-likeness (QED) is 0.0959. The highest BCUT2D eigenvalue weighted by molar-refractivity contribution is 6.31. The number of hydrazone groups is 1. The summed E-state index contributed by atoms with van der Waals surface area (Å²) in [5.74, 6) is -0.245. The van der Waals surface area contributed by atoms with Gasteiger partial charge in [0.25, 0.3) is 0 Å². The molecule has 2 fully saturated rings. The molecule has 3 unspecified atom stereocenters. The highest BCUT2D eigenvalue weighted by atomic mass is 35.5. The maximum absolute atomic E-state index is 12.9. The van der Waals surface area contributed by atoms with Gasteiger partial charge in [-0.05, 0) is 92.4 Å². The Morgan fingerprint density at radius 3 is 2.35 bits per heavy atom. The molecule has 0 radical (unpaired) electrons. The third kappa shape index (κ3) is 9.19. The van der Waals surface area contributed by atoms with Gasteiger partial charge in [0, 0.05) is 61.4 Å². The summed E-state index contributed by atoms with van der Waals surface area (Å²) in [4.78, 5) is 17.7. The Balaban J connectivity index is 0.00000276. The molecule has 2 saturated heterocycles. The van der Waals surface area contributed by atoms with Crippen LogP contribution in [-0.4, -0.2) is 84.7 Å². The summed E-state index contributed by atoms with van der Waals surface area (Å²) in [6.45, 7) is 20.6. The lowest BCUT2D eigenvalue weighted by Gasteiger charge is -2.37. The smallest absolute Gasteiger partial charge is 0.350 e. The van der Waals surface area contributed by atoms with Crippen molar-refractivity contribution in [3.8, 4) is 11.4 Å². The number of ether oxygens (including phenoxy) is 3. The van der Waals surface area contributed by atoms with Crippen LogP contribution in [0.1, 0.15) is 63.8 Å². The minimum Gasteiger partial charge on any atom is -0.491 e. The van der Waals surface area contributed by atoms with E-state index in [2.05, 4.69) is 70.8 Å². The number of hydrogen-bond donors (Lipinski definition) is 0. The molecule has 290 valence electrons. The molecule has 1 aromatic heterocycles. The van der Waals surface area contributed by atoms with Gasteiger partial charge in [0.1, 0.15) is 24.8 Å². The van der Waals surface area contributed by atoms with E-state index in [1.807, 2.05) is 65.1 Å². The summed E-state index contributed by atoms with van der Waals surface area (Å²) < 4.78 is 22.5. The number of nitrogens with zero attached hydrogens (tertiary/aromatic N) is 7. The van der Waals surface area contributed by atoms with Crippen molar-refractivity contribution >= 4 is 29.2 Å². The minimum atomic E-state index is -1.09. The zero-order chi connectivity index (χ0) is 38.8. The van der Waals surface area contributed by atoms with Crippen molar-refractivity contribution in [2.75, 3.05) is 62.8 Å². The topological polar surface area (TPSA) is 89.6 Å². The molecule has 11 nitrogen and oxygen atoms in total. The second-order valence-electron chi connectivity index (χ2n) is 13.5. The van der Waals surface area contributed by atoms with E-state index in [1.165, 1.54) is 5.69 Å². The van der Waals surface area contributed by atoms with Gasteiger partial charge in [-0.15, -0.1) is 0 Å². The third-order valence-corrected chi connectivity index (χ3v) is 10.2. The Bertz CT molecular complexity index is 1920. The number of hydrogen-bond acceptors (Lipinski definition) is 9. The van der Waals surface area contributed by atoms with E-state index in [0.717, 1.165) is 72.8 Å². The van der Waals surface area contributed by atoms with Crippen LogP contribution in [0, 0.1) is 6.92 Å². The van der Waals surface area contributed by atoms with Crippen LogP contribution < -0.4 is 20.2 Å². The molecule has 3 heterocycles. The van der Waals surface area contributed by atoms with E-state index in [-0.39, 0.29) is 17.8 Å². The van der Waals surface area contributed by atoms with Crippen LogP contribution in [0.5, 0.6) is 5.75 Å². The van der Waals surface area contributed by atoms with Gasteiger partial charge in [-0.25, -0.2) is 14.0 Å². The fourth-order valence-electron chi connectivity index (χ4n) is 6.77. The van der Waals surface area contributed by atoms with Gasteiger partial charge in [-0.3, -0.25) is 5.01 Å². The van der Waals surface area contributed by atoms with Gasteiger partial charge in [-0.1, -0.05) is 58.0 Å². The predicted molar refractivity (Wildman–Crippen MR) is 220 cm³/mol. The van der Waals surface area contributed by atoms with E-state index in [0.29, 0.717) is 24.8 Å². The molecule has 3 atom stereocenters. The number of rotatable bonds is 14. The molecule has 2 aliphatic rings. The Labute approximate surface area is 325 Å². The van der Waals surface area contributed by atoms with Crippen molar-refractivity contribution in [2.45, 2.75) is 72.3 Å². The molecule has 0 bridgehead atoms. The molecule has 0 spiro atoms. The maximum atomic E-state index is 12.9. The predicted octanol–water partition coefficient (Wildman–Crippen LogP) is 7.63. The summed E-state index contributed by atoms with van der Waals surface area (Å²) in [5.41, 5.74) is 6.01. The van der Waals surface area contributed by atoms with Crippen molar-refractivity contribution in [1.29, 1.82) is 0 Å².